The number of hydrogen-bond donors (Lipinski definition) is 1. The van der Waals surface area contributed by atoms with Gasteiger partial charge in [0.2, 0.25) is 0 Å². The molecule has 2 aromatic rings. The first-order valence-corrected chi connectivity index (χ1v) is 11.1. The maximum atomic E-state index is 11.0. The number of nitrogens with zero attached hydrogens (tertiary/aromatic N) is 4. The number of rotatable bonds is 8. The number of aliphatic hydroxyl groups excluding tert-OH is 1. The maximum absolute atomic E-state index is 11.0. The summed E-state index contributed by atoms with van der Waals surface area (Å²) in [5, 5.41) is 19.7. The third-order valence-electron chi connectivity index (χ3n) is 6.40. The van der Waals surface area contributed by atoms with E-state index in [4.69, 9.17) is 0 Å². The highest BCUT2D eigenvalue weighted by Gasteiger charge is 2.37. The quantitative estimate of drug-likeness (QED) is 0.688. The van der Waals surface area contributed by atoms with Crippen LogP contribution >= 0.6 is 0 Å². The number of likely N-dealkylation sites (tertiary alicyclic amines) is 1. The van der Waals surface area contributed by atoms with Crippen molar-refractivity contribution in [3.8, 4) is 0 Å². The summed E-state index contributed by atoms with van der Waals surface area (Å²) in [6, 6.07) is 9.09. The zero-order valence-electron chi connectivity index (χ0n) is 17.3. The van der Waals surface area contributed by atoms with E-state index in [0.717, 1.165) is 25.2 Å². The van der Waals surface area contributed by atoms with E-state index in [1.54, 1.807) is 0 Å². The van der Waals surface area contributed by atoms with Gasteiger partial charge in [-0.25, -0.2) is 4.68 Å². The van der Waals surface area contributed by atoms with Gasteiger partial charge in [-0.3, -0.25) is 4.90 Å². The fraction of sp³-hybridized carbons (Fsp3) is 0.652. The zero-order chi connectivity index (χ0) is 19.5. The molecule has 2 aliphatic rings. The van der Waals surface area contributed by atoms with Crippen molar-refractivity contribution >= 4 is 0 Å². The third kappa shape index (κ3) is 4.47. The van der Waals surface area contributed by atoms with Crippen molar-refractivity contribution in [3.63, 3.8) is 0 Å². The predicted octanol–water partition coefficient (Wildman–Crippen LogP) is 4.39. The second-order valence-electron chi connectivity index (χ2n) is 8.75. The van der Waals surface area contributed by atoms with E-state index in [2.05, 4.69) is 59.5 Å². The SMILES string of the molecule is CCCCCCN1C[C@H](n2cc(C3CC3)nn2)[C@@H](O)C[C@@H]1c1ccc(C)cc1. The topological polar surface area (TPSA) is 54.2 Å². The van der Waals surface area contributed by atoms with Crippen LogP contribution in [0.3, 0.4) is 0 Å². The van der Waals surface area contributed by atoms with Crippen molar-refractivity contribution in [3.05, 3.63) is 47.3 Å². The van der Waals surface area contributed by atoms with Crippen molar-refractivity contribution in [2.75, 3.05) is 13.1 Å². The summed E-state index contributed by atoms with van der Waals surface area (Å²) >= 11 is 0. The zero-order valence-corrected chi connectivity index (χ0v) is 17.3. The molecule has 2 fully saturated rings. The van der Waals surface area contributed by atoms with Crippen molar-refractivity contribution in [1.82, 2.24) is 19.9 Å². The van der Waals surface area contributed by atoms with Crippen LogP contribution in [0, 0.1) is 6.92 Å². The minimum absolute atomic E-state index is 0.00660. The van der Waals surface area contributed by atoms with Crippen molar-refractivity contribution < 1.29 is 5.11 Å². The summed E-state index contributed by atoms with van der Waals surface area (Å²) in [7, 11) is 0. The van der Waals surface area contributed by atoms with Crippen LogP contribution in [-0.2, 0) is 0 Å². The first-order valence-electron chi connectivity index (χ1n) is 11.1. The molecule has 1 aliphatic heterocycles. The third-order valence-corrected chi connectivity index (χ3v) is 6.40. The van der Waals surface area contributed by atoms with Crippen LogP contribution in [0.2, 0.25) is 0 Å². The van der Waals surface area contributed by atoms with E-state index >= 15 is 0 Å². The maximum Gasteiger partial charge on any atom is 0.0923 e. The van der Waals surface area contributed by atoms with Crippen molar-refractivity contribution in [2.24, 2.45) is 0 Å². The number of hydrogen-bond acceptors (Lipinski definition) is 4. The second kappa shape index (κ2) is 8.75. The normalized spacial score (nSPS) is 25.9. The van der Waals surface area contributed by atoms with Crippen LogP contribution in [0.4, 0.5) is 0 Å². The van der Waals surface area contributed by atoms with Gasteiger partial charge in [0.1, 0.15) is 0 Å². The summed E-state index contributed by atoms with van der Waals surface area (Å²) in [6.07, 6.45) is 9.92. The average molecular weight is 383 g/mol. The Morgan fingerprint density at radius 3 is 2.61 bits per heavy atom. The molecule has 0 bridgehead atoms. The second-order valence-corrected chi connectivity index (χ2v) is 8.75. The number of aliphatic hydroxyl groups is 1. The Morgan fingerprint density at radius 2 is 1.89 bits per heavy atom. The molecule has 0 spiro atoms. The van der Waals surface area contributed by atoms with Crippen LogP contribution in [-0.4, -0.2) is 44.2 Å². The number of unbranched alkanes of at least 4 members (excludes halogenated alkanes) is 3. The molecule has 5 heteroatoms. The van der Waals surface area contributed by atoms with Gasteiger partial charge in [-0.1, -0.05) is 61.2 Å². The standard InChI is InChI=1S/C23H34N4O/c1-3-4-5-6-13-26-16-22(27-15-20(24-25-27)18-11-12-18)23(28)14-21(26)19-9-7-17(2)8-10-19/h7-10,15,18,21-23,28H,3-6,11-14,16H2,1-2H3/t21-,22+,23+/m1/s1. The molecule has 0 unspecified atom stereocenters. The summed E-state index contributed by atoms with van der Waals surface area (Å²) in [4.78, 5) is 2.57. The van der Waals surface area contributed by atoms with Crippen LogP contribution < -0.4 is 0 Å². The molecule has 1 N–H and O–H groups in total. The van der Waals surface area contributed by atoms with Gasteiger partial charge in [0, 0.05) is 24.7 Å². The van der Waals surface area contributed by atoms with Gasteiger partial charge < -0.3 is 5.11 Å². The lowest BCUT2D eigenvalue weighted by Crippen LogP contribution is -2.46. The van der Waals surface area contributed by atoms with Gasteiger partial charge in [-0.05, 0) is 44.7 Å². The summed E-state index contributed by atoms with van der Waals surface area (Å²) in [5.41, 5.74) is 3.70. The van der Waals surface area contributed by atoms with Crippen LogP contribution in [0.25, 0.3) is 0 Å². The Balaban J connectivity index is 1.51. The minimum atomic E-state index is -0.396. The molecule has 4 rings (SSSR count). The lowest BCUT2D eigenvalue weighted by molar-refractivity contribution is -0.00776. The Morgan fingerprint density at radius 1 is 1.11 bits per heavy atom. The summed E-state index contributed by atoms with van der Waals surface area (Å²) < 4.78 is 1.93. The van der Waals surface area contributed by atoms with Crippen molar-refractivity contribution in [1.29, 1.82) is 0 Å². The van der Waals surface area contributed by atoms with Gasteiger partial charge in [-0.15, -0.1) is 5.10 Å². The lowest BCUT2D eigenvalue weighted by atomic mass is 9.90. The number of aryl methyl sites for hydroxylation is 1. The molecular weight excluding hydrogens is 348 g/mol. The molecule has 1 saturated carbocycles. The van der Waals surface area contributed by atoms with Gasteiger partial charge >= 0.3 is 0 Å². The largest absolute Gasteiger partial charge is 0.391 e. The molecule has 1 aromatic carbocycles. The smallest absolute Gasteiger partial charge is 0.0923 e. The van der Waals surface area contributed by atoms with Crippen LogP contribution in [0.15, 0.2) is 30.5 Å². The Bertz CT molecular complexity index is 752. The van der Waals surface area contributed by atoms with E-state index in [0.29, 0.717) is 5.92 Å². The van der Waals surface area contributed by atoms with Crippen LogP contribution in [0.5, 0.6) is 0 Å². The summed E-state index contributed by atoms with van der Waals surface area (Å²) in [6.45, 7) is 6.29. The highest BCUT2D eigenvalue weighted by atomic mass is 16.3. The van der Waals surface area contributed by atoms with Gasteiger partial charge in [0.25, 0.3) is 0 Å². The first-order chi connectivity index (χ1) is 13.7. The average Bonchev–Trinajstić information content (AvgIpc) is 3.44. The van der Waals surface area contributed by atoms with Gasteiger partial charge in [-0.2, -0.15) is 0 Å². The minimum Gasteiger partial charge on any atom is -0.391 e. The molecule has 5 nitrogen and oxygen atoms in total. The van der Waals surface area contributed by atoms with Crippen molar-refractivity contribution in [2.45, 2.75) is 82.9 Å². The molecule has 1 saturated heterocycles. The molecule has 152 valence electrons. The Kier molecular flexibility index (Phi) is 6.12. The molecular formula is C23H34N4O. The van der Waals surface area contributed by atoms with E-state index in [1.165, 1.54) is 49.7 Å². The van der Waals surface area contributed by atoms with E-state index < -0.39 is 6.10 Å². The van der Waals surface area contributed by atoms with Crippen LogP contribution in [0.1, 0.15) is 86.7 Å². The number of benzene rings is 1. The summed E-state index contributed by atoms with van der Waals surface area (Å²) in [5.74, 6) is 0.597. The van der Waals surface area contributed by atoms with Gasteiger partial charge in [0.15, 0.2) is 0 Å². The Labute approximate surface area is 168 Å². The predicted molar refractivity (Wildman–Crippen MR) is 111 cm³/mol. The van der Waals surface area contributed by atoms with E-state index in [1.807, 2.05) is 4.68 Å². The van der Waals surface area contributed by atoms with E-state index in [9.17, 15) is 5.11 Å². The highest BCUT2D eigenvalue weighted by molar-refractivity contribution is 5.25. The molecule has 1 aromatic heterocycles. The first kappa shape index (κ1) is 19.6. The molecule has 1 aliphatic carbocycles. The fourth-order valence-electron chi connectivity index (χ4n) is 4.43. The number of piperidine rings is 1. The fourth-order valence-corrected chi connectivity index (χ4v) is 4.43. The highest BCUT2D eigenvalue weighted by Crippen LogP contribution is 2.40. The molecule has 3 atom stereocenters. The molecule has 2 heterocycles. The molecule has 0 amide bonds. The molecule has 28 heavy (non-hydrogen) atoms. The Hall–Kier alpha value is -1.72. The number of aromatic nitrogens is 3. The van der Waals surface area contributed by atoms with Gasteiger partial charge in [0.05, 0.1) is 17.8 Å². The monoisotopic (exact) mass is 382 g/mol. The molecule has 0 radical (unpaired) electrons. The lowest BCUT2D eigenvalue weighted by Gasteiger charge is -2.42. The van der Waals surface area contributed by atoms with E-state index in [-0.39, 0.29) is 12.1 Å².